The predicted octanol–water partition coefficient (Wildman–Crippen LogP) is 0.377. The standard InChI is InChI=1S/C7H11NO2/c1-3-7(8-4-5-8)10-6(2)9/h3,7H,1,4-5H2,2H3. The van der Waals surface area contributed by atoms with E-state index in [-0.39, 0.29) is 12.2 Å². The lowest BCUT2D eigenvalue weighted by Gasteiger charge is -2.12. The summed E-state index contributed by atoms with van der Waals surface area (Å²) in [6, 6.07) is 0. The van der Waals surface area contributed by atoms with Crippen LogP contribution in [0.1, 0.15) is 6.92 Å². The van der Waals surface area contributed by atoms with Crippen molar-refractivity contribution in [1.82, 2.24) is 4.90 Å². The first kappa shape index (κ1) is 7.28. The van der Waals surface area contributed by atoms with Crippen molar-refractivity contribution in [3.63, 3.8) is 0 Å². The Morgan fingerprint density at radius 1 is 1.80 bits per heavy atom. The monoisotopic (exact) mass is 141 g/mol. The summed E-state index contributed by atoms with van der Waals surface area (Å²) >= 11 is 0. The molecular formula is C7H11NO2. The van der Waals surface area contributed by atoms with Crippen molar-refractivity contribution < 1.29 is 9.53 Å². The van der Waals surface area contributed by atoms with Crippen molar-refractivity contribution in [1.29, 1.82) is 0 Å². The molecule has 1 aliphatic heterocycles. The molecule has 56 valence electrons. The maximum absolute atomic E-state index is 10.4. The van der Waals surface area contributed by atoms with Gasteiger partial charge in [-0.1, -0.05) is 6.58 Å². The minimum absolute atomic E-state index is 0.197. The number of carbonyl (C=O) groups excluding carboxylic acids is 1. The Morgan fingerprint density at radius 2 is 2.40 bits per heavy atom. The topological polar surface area (TPSA) is 29.3 Å². The van der Waals surface area contributed by atoms with Gasteiger partial charge in [0.05, 0.1) is 0 Å². The minimum Gasteiger partial charge on any atom is -0.443 e. The molecule has 1 rings (SSSR count). The van der Waals surface area contributed by atoms with Crippen LogP contribution in [0.2, 0.25) is 0 Å². The molecule has 0 N–H and O–H groups in total. The molecule has 0 aromatic carbocycles. The van der Waals surface area contributed by atoms with Gasteiger partial charge in [-0.3, -0.25) is 9.69 Å². The van der Waals surface area contributed by atoms with Gasteiger partial charge in [0.15, 0.2) is 6.23 Å². The van der Waals surface area contributed by atoms with Crippen LogP contribution < -0.4 is 0 Å². The molecule has 10 heavy (non-hydrogen) atoms. The summed E-state index contributed by atoms with van der Waals surface area (Å²) in [5.74, 6) is -0.253. The van der Waals surface area contributed by atoms with E-state index in [1.807, 2.05) is 4.90 Å². The van der Waals surface area contributed by atoms with E-state index in [0.29, 0.717) is 0 Å². The van der Waals surface area contributed by atoms with Crippen molar-refractivity contribution >= 4 is 5.97 Å². The van der Waals surface area contributed by atoms with Gasteiger partial charge in [0.2, 0.25) is 0 Å². The Morgan fingerprint density at radius 3 is 2.70 bits per heavy atom. The highest BCUT2D eigenvalue weighted by Crippen LogP contribution is 2.12. The molecule has 0 aromatic rings. The lowest BCUT2D eigenvalue weighted by atomic mass is 10.5. The van der Waals surface area contributed by atoms with Crippen LogP contribution in [-0.2, 0) is 9.53 Å². The molecule has 1 fully saturated rings. The molecule has 1 atom stereocenters. The fourth-order valence-electron chi connectivity index (χ4n) is 0.754. The molecule has 1 saturated heterocycles. The highest BCUT2D eigenvalue weighted by molar-refractivity contribution is 5.66. The summed E-state index contributed by atoms with van der Waals surface area (Å²) in [5.41, 5.74) is 0. The maximum atomic E-state index is 10.4. The smallest absolute Gasteiger partial charge is 0.304 e. The first-order valence-corrected chi connectivity index (χ1v) is 3.28. The van der Waals surface area contributed by atoms with Crippen molar-refractivity contribution in [3.8, 4) is 0 Å². The highest BCUT2D eigenvalue weighted by atomic mass is 16.6. The molecule has 0 radical (unpaired) electrons. The van der Waals surface area contributed by atoms with Crippen LogP contribution in [-0.4, -0.2) is 30.2 Å². The van der Waals surface area contributed by atoms with Gasteiger partial charge in [0.25, 0.3) is 0 Å². The van der Waals surface area contributed by atoms with Gasteiger partial charge in [-0.05, 0) is 6.08 Å². The van der Waals surface area contributed by atoms with Crippen LogP contribution >= 0.6 is 0 Å². The number of ether oxygens (including phenoxy) is 1. The van der Waals surface area contributed by atoms with Crippen LogP contribution in [0.25, 0.3) is 0 Å². The first-order chi connectivity index (χ1) is 4.74. The summed E-state index contributed by atoms with van der Waals surface area (Å²) < 4.78 is 4.89. The zero-order valence-electron chi connectivity index (χ0n) is 6.04. The van der Waals surface area contributed by atoms with Crippen LogP contribution in [0.3, 0.4) is 0 Å². The van der Waals surface area contributed by atoms with Gasteiger partial charge in [0, 0.05) is 20.0 Å². The van der Waals surface area contributed by atoms with E-state index >= 15 is 0 Å². The lowest BCUT2D eigenvalue weighted by Crippen LogP contribution is -2.21. The molecule has 3 heteroatoms. The van der Waals surface area contributed by atoms with E-state index in [1.54, 1.807) is 6.08 Å². The number of nitrogens with zero attached hydrogens (tertiary/aromatic N) is 1. The largest absolute Gasteiger partial charge is 0.443 e. The molecule has 0 aromatic heterocycles. The third-order valence-electron chi connectivity index (χ3n) is 1.33. The molecule has 1 heterocycles. The Balaban J connectivity index is 2.32. The number of esters is 1. The molecule has 1 aliphatic rings. The van der Waals surface area contributed by atoms with Crippen LogP contribution in [0.4, 0.5) is 0 Å². The van der Waals surface area contributed by atoms with E-state index in [1.165, 1.54) is 6.92 Å². The second kappa shape index (κ2) is 2.84. The third-order valence-corrected chi connectivity index (χ3v) is 1.33. The number of hydrogen-bond donors (Lipinski definition) is 0. The molecule has 0 amide bonds. The Labute approximate surface area is 60.3 Å². The lowest BCUT2D eigenvalue weighted by molar-refractivity contribution is -0.148. The van der Waals surface area contributed by atoms with E-state index in [4.69, 9.17) is 4.74 Å². The second-order valence-electron chi connectivity index (χ2n) is 2.27. The predicted molar refractivity (Wildman–Crippen MR) is 37.3 cm³/mol. The van der Waals surface area contributed by atoms with Gasteiger partial charge < -0.3 is 4.74 Å². The molecule has 0 bridgehead atoms. The molecule has 3 nitrogen and oxygen atoms in total. The summed E-state index contributed by atoms with van der Waals surface area (Å²) in [7, 11) is 0. The van der Waals surface area contributed by atoms with Crippen molar-refractivity contribution in [3.05, 3.63) is 12.7 Å². The van der Waals surface area contributed by atoms with Crippen molar-refractivity contribution in [2.75, 3.05) is 13.1 Å². The Bertz CT molecular complexity index is 152. The Hall–Kier alpha value is -0.830. The van der Waals surface area contributed by atoms with Gasteiger partial charge in [-0.2, -0.15) is 0 Å². The maximum Gasteiger partial charge on any atom is 0.304 e. The van der Waals surface area contributed by atoms with E-state index in [9.17, 15) is 4.79 Å². The van der Waals surface area contributed by atoms with Gasteiger partial charge >= 0.3 is 5.97 Å². The van der Waals surface area contributed by atoms with E-state index in [0.717, 1.165) is 13.1 Å². The van der Waals surface area contributed by atoms with Gasteiger partial charge in [-0.25, -0.2) is 0 Å². The molecule has 0 spiro atoms. The third kappa shape index (κ3) is 1.84. The molecule has 1 unspecified atom stereocenters. The number of carbonyl (C=O) groups is 1. The van der Waals surface area contributed by atoms with Crippen molar-refractivity contribution in [2.24, 2.45) is 0 Å². The molecule has 0 aliphatic carbocycles. The van der Waals surface area contributed by atoms with Gasteiger partial charge in [-0.15, -0.1) is 0 Å². The highest BCUT2D eigenvalue weighted by Gasteiger charge is 2.26. The van der Waals surface area contributed by atoms with E-state index in [2.05, 4.69) is 6.58 Å². The summed E-state index contributed by atoms with van der Waals surface area (Å²) in [6.45, 7) is 6.97. The quantitative estimate of drug-likeness (QED) is 0.323. The van der Waals surface area contributed by atoms with Crippen LogP contribution in [0.15, 0.2) is 12.7 Å². The second-order valence-corrected chi connectivity index (χ2v) is 2.27. The van der Waals surface area contributed by atoms with E-state index < -0.39 is 0 Å². The number of hydrogen-bond acceptors (Lipinski definition) is 3. The van der Waals surface area contributed by atoms with Crippen LogP contribution in [0.5, 0.6) is 0 Å². The normalized spacial score (nSPS) is 19.7. The first-order valence-electron chi connectivity index (χ1n) is 3.28. The summed E-state index contributed by atoms with van der Waals surface area (Å²) in [6.07, 6.45) is 1.44. The zero-order valence-corrected chi connectivity index (χ0v) is 6.04. The molecule has 0 saturated carbocycles. The fourth-order valence-corrected chi connectivity index (χ4v) is 0.754. The summed E-state index contributed by atoms with van der Waals surface area (Å²) in [4.78, 5) is 12.5. The fraction of sp³-hybridized carbons (Fsp3) is 0.571. The average Bonchev–Trinajstić information content (AvgIpc) is 2.63. The average molecular weight is 141 g/mol. The van der Waals surface area contributed by atoms with Crippen LogP contribution in [0, 0.1) is 0 Å². The summed E-state index contributed by atoms with van der Waals surface area (Å²) in [5, 5.41) is 0. The van der Waals surface area contributed by atoms with Gasteiger partial charge in [0.1, 0.15) is 0 Å². The zero-order chi connectivity index (χ0) is 7.56. The van der Waals surface area contributed by atoms with Crippen molar-refractivity contribution in [2.45, 2.75) is 13.2 Å². The SMILES string of the molecule is C=CC(OC(C)=O)N1CC1. The molecular weight excluding hydrogens is 130 g/mol. The number of rotatable bonds is 3. The minimum atomic E-state index is -0.253. The Kier molecular flexibility index (Phi) is 2.06.